The average Bonchev–Trinajstić information content (AvgIpc) is 3.31. The Balaban J connectivity index is 0.000000352. The third kappa shape index (κ3) is 7.71. The maximum Gasteiger partial charge on any atom is 0.329 e. The number of amides is 2. The predicted octanol–water partition coefficient (Wildman–Crippen LogP) is -0.0517. The SMILES string of the molecule is N=C(N)c1ccc(C(N)=O)cn1.O=C(O)CN(CC(=O)O)CC(=O)N1CCC[C@]1(C(=O)O)C1CCCCC1. The van der Waals surface area contributed by atoms with Crippen LogP contribution in [0.1, 0.15) is 61.0 Å². The summed E-state index contributed by atoms with van der Waals surface area (Å²) in [5.41, 5.74) is 9.51. The number of hydrogen-bond donors (Lipinski definition) is 6. The van der Waals surface area contributed by atoms with Crippen LogP contribution in [0.4, 0.5) is 0 Å². The molecule has 1 aromatic heterocycles. The quantitative estimate of drug-likeness (QED) is 0.172. The lowest BCUT2D eigenvalue weighted by molar-refractivity contribution is -0.162. The molecular weight excluding hydrogens is 500 g/mol. The molecule has 14 nitrogen and oxygen atoms in total. The van der Waals surface area contributed by atoms with Crippen LogP contribution in [0.15, 0.2) is 18.3 Å². The molecule has 1 atom stereocenters. The number of carbonyl (C=O) groups excluding carboxylic acids is 2. The van der Waals surface area contributed by atoms with Gasteiger partial charge in [0.1, 0.15) is 17.1 Å². The molecule has 2 aliphatic rings. The van der Waals surface area contributed by atoms with E-state index in [2.05, 4.69) is 4.98 Å². The lowest BCUT2D eigenvalue weighted by atomic mass is 9.73. The predicted molar refractivity (Wildman–Crippen MR) is 133 cm³/mol. The van der Waals surface area contributed by atoms with E-state index in [-0.39, 0.29) is 11.8 Å². The summed E-state index contributed by atoms with van der Waals surface area (Å²) in [5.74, 6) is -4.80. The van der Waals surface area contributed by atoms with Gasteiger partial charge in [0.15, 0.2) is 0 Å². The van der Waals surface area contributed by atoms with Gasteiger partial charge in [0.2, 0.25) is 11.8 Å². The van der Waals surface area contributed by atoms with Crippen molar-refractivity contribution in [3.8, 4) is 0 Å². The fourth-order valence-electron chi connectivity index (χ4n) is 5.12. The lowest BCUT2D eigenvalue weighted by Gasteiger charge is -2.43. The van der Waals surface area contributed by atoms with Gasteiger partial charge in [0.05, 0.1) is 25.2 Å². The highest BCUT2D eigenvalue weighted by atomic mass is 16.4. The zero-order valence-corrected chi connectivity index (χ0v) is 21.0. The number of nitrogens with two attached hydrogens (primary N) is 2. The fraction of sp³-hybridized carbons (Fsp3) is 0.542. The minimum atomic E-state index is -1.25. The van der Waals surface area contributed by atoms with Gasteiger partial charge in [-0.1, -0.05) is 19.3 Å². The van der Waals surface area contributed by atoms with Crippen LogP contribution in [-0.2, 0) is 19.2 Å². The molecule has 0 aromatic carbocycles. The summed E-state index contributed by atoms with van der Waals surface area (Å²) < 4.78 is 0. The molecule has 1 aromatic rings. The van der Waals surface area contributed by atoms with Crippen LogP contribution in [-0.4, -0.2) is 97.4 Å². The second kappa shape index (κ2) is 13.5. The Hall–Kier alpha value is -4.07. The molecule has 1 aliphatic heterocycles. The Morgan fingerprint density at radius 1 is 0.974 bits per heavy atom. The monoisotopic (exact) mass is 534 g/mol. The number of nitrogens with zero attached hydrogens (tertiary/aromatic N) is 3. The van der Waals surface area contributed by atoms with E-state index >= 15 is 0 Å². The van der Waals surface area contributed by atoms with Crippen LogP contribution < -0.4 is 11.5 Å². The molecule has 1 saturated heterocycles. The van der Waals surface area contributed by atoms with E-state index < -0.39 is 54.9 Å². The largest absolute Gasteiger partial charge is 0.480 e. The molecule has 2 fully saturated rings. The Morgan fingerprint density at radius 2 is 1.58 bits per heavy atom. The first kappa shape index (κ1) is 30.2. The van der Waals surface area contributed by atoms with Gasteiger partial charge >= 0.3 is 17.9 Å². The highest BCUT2D eigenvalue weighted by Crippen LogP contribution is 2.43. The number of carboxylic acids is 3. The van der Waals surface area contributed by atoms with E-state index in [0.717, 1.165) is 37.0 Å². The first-order valence-electron chi connectivity index (χ1n) is 12.2. The van der Waals surface area contributed by atoms with Crippen LogP contribution in [0.3, 0.4) is 0 Å². The number of pyridine rings is 1. The average molecular weight is 535 g/mol. The van der Waals surface area contributed by atoms with Gasteiger partial charge in [-0.25, -0.2) is 4.79 Å². The Labute approximate surface area is 219 Å². The maximum absolute atomic E-state index is 12.8. The van der Waals surface area contributed by atoms with Gasteiger partial charge in [0.25, 0.3) is 0 Å². The van der Waals surface area contributed by atoms with Crippen molar-refractivity contribution in [2.24, 2.45) is 17.4 Å². The molecule has 0 bridgehead atoms. The van der Waals surface area contributed by atoms with Crippen molar-refractivity contribution in [1.82, 2.24) is 14.8 Å². The summed E-state index contributed by atoms with van der Waals surface area (Å²) >= 11 is 0. The molecule has 0 spiro atoms. The lowest BCUT2D eigenvalue weighted by Crippen LogP contribution is -2.60. The van der Waals surface area contributed by atoms with Crippen molar-refractivity contribution in [1.29, 1.82) is 5.41 Å². The van der Waals surface area contributed by atoms with Gasteiger partial charge in [-0.15, -0.1) is 0 Å². The molecule has 14 heteroatoms. The van der Waals surface area contributed by atoms with Crippen LogP contribution in [0.2, 0.25) is 0 Å². The standard InChI is InChI=1S/C17H26N2O7.C7H8N4O/c20-13(9-18(10-14(21)22)11-15(23)24)19-8-4-7-17(19,16(25)26)12-5-2-1-3-6-12;8-6(9)5-2-1-4(3-11-5)7(10)12/h12H,1-11H2,(H,21,22)(H,23,24)(H,25,26);1-3H,(H3,8,9)(H2,10,12)/t17-;/m1./s1. The summed E-state index contributed by atoms with van der Waals surface area (Å²) in [6, 6.07) is 2.95. The van der Waals surface area contributed by atoms with Crippen LogP contribution in [0, 0.1) is 11.3 Å². The summed E-state index contributed by atoms with van der Waals surface area (Å²) in [6.07, 6.45) is 6.69. The van der Waals surface area contributed by atoms with E-state index in [1.54, 1.807) is 0 Å². The van der Waals surface area contributed by atoms with E-state index in [9.17, 15) is 29.1 Å². The van der Waals surface area contributed by atoms with Crippen molar-refractivity contribution in [3.63, 3.8) is 0 Å². The summed E-state index contributed by atoms with van der Waals surface area (Å²) in [6.45, 7) is -1.29. The highest BCUT2D eigenvalue weighted by Gasteiger charge is 2.54. The van der Waals surface area contributed by atoms with E-state index in [1.807, 2.05) is 0 Å². The first-order chi connectivity index (χ1) is 17.9. The third-order valence-corrected chi connectivity index (χ3v) is 6.77. The molecular formula is C24H34N6O8. The van der Waals surface area contributed by atoms with Crippen LogP contribution in [0.5, 0.6) is 0 Å². The molecule has 2 heterocycles. The third-order valence-electron chi connectivity index (χ3n) is 6.77. The van der Waals surface area contributed by atoms with E-state index in [1.165, 1.54) is 23.2 Å². The second-order valence-electron chi connectivity index (χ2n) is 9.36. The molecule has 1 saturated carbocycles. The highest BCUT2D eigenvalue weighted by molar-refractivity contribution is 5.95. The number of likely N-dealkylation sites (tertiary alicyclic amines) is 1. The number of carboxylic acid groups (broad SMARTS) is 3. The minimum absolute atomic E-state index is 0.118. The molecule has 208 valence electrons. The van der Waals surface area contributed by atoms with Gasteiger partial charge in [-0.3, -0.25) is 34.5 Å². The smallest absolute Gasteiger partial charge is 0.329 e. The number of nitrogen functional groups attached to an aromatic ring is 1. The number of amidine groups is 1. The zero-order chi connectivity index (χ0) is 28.5. The van der Waals surface area contributed by atoms with Gasteiger partial charge in [-0.05, 0) is 43.7 Å². The minimum Gasteiger partial charge on any atom is -0.480 e. The van der Waals surface area contributed by atoms with Crippen LogP contribution in [0.25, 0.3) is 0 Å². The number of rotatable bonds is 10. The van der Waals surface area contributed by atoms with Gasteiger partial charge in [0, 0.05) is 12.7 Å². The fourth-order valence-corrected chi connectivity index (χ4v) is 5.12. The van der Waals surface area contributed by atoms with E-state index in [4.69, 9.17) is 27.1 Å². The van der Waals surface area contributed by atoms with Crippen molar-refractivity contribution >= 4 is 35.6 Å². The topological polar surface area (TPSA) is 241 Å². The molecule has 3 rings (SSSR count). The molecule has 2 amide bonds. The summed E-state index contributed by atoms with van der Waals surface area (Å²) in [5, 5.41) is 34.8. The maximum atomic E-state index is 12.8. The summed E-state index contributed by atoms with van der Waals surface area (Å²) in [7, 11) is 0. The summed E-state index contributed by atoms with van der Waals surface area (Å²) in [4.78, 5) is 63.6. The Morgan fingerprint density at radius 3 is 2.03 bits per heavy atom. The van der Waals surface area contributed by atoms with Crippen molar-refractivity contribution in [2.75, 3.05) is 26.2 Å². The zero-order valence-electron chi connectivity index (χ0n) is 21.0. The Bertz CT molecular complexity index is 1010. The molecule has 0 unspecified atom stereocenters. The van der Waals surface area contributed by atoms with Crippen LogP contribution >= 0.6 is 0 Å². The number of hydrogen-bond acceptors (Lipinski definition) is 8. The molecule has 0 radical (unpaired) electrons. The Kier molecular flexibility index (Phi) is 10.7. The van der Waals surface area contributed by atoms with Gasteiger partial charge in [-0.2, -0.15) is 0 Å². The van der Waals surface area contributed by atoms with Gasteiger partial charge < -0.3 is 31.7 Å². The molecule has 38 heavy (non-hydrogen) atoms. The number of nitrogens with one attached hydrogen (secondary N) is 1. The molecule has 8 N–H and O–H groups in total. The number of aliphatic carboxylic acids is 3. The van der Waals surface area contributed by atoms with E-state index in [0.29, 0.717) is 30.6 Å². The second-order valence-corrected chi connectivity index (χ2v) is 9.36. The molecule has 1 aliphatic carbocycles. The number of aromatic nitrogens is 1. The number of carbonyl (C=O) groups is 5. The van der Waals surface area contributed by atoms with Crippen molar-refractivity contribution < 1.29 is 39.3 Å². The van der Waals surface area contributed by atoms with Crippen molar-refractivity contribution in [3.05, 3.63) is 29.6 Å². The normalized spacial score (nSPS) is 19.3. The first-order valence-corrected chi connectivity index (χ1v) is 12.2. The number of primary amides is 1. The van der Waals surface area contributed by atoms with Crippen molar-refractivity contribution in [2.45, 2.75) is 50.5 Å².